The highest BCUT2D eigenvalue weighted by molar-refractivity contribution is 6.27. The first-order chi connectivity index (χ1) is 17.2. The molecule has 2 aromatic carbocycles. The molecule has 0 fully saturated rings. The molecule has 2 aliphatic rings. The molecule has 4 rings (SSSR count). The summed E-state index contributed by atoms with van der Waals surface area (Å²) in [6, 6.07) is 15.0. The molecule has 0 bridgehead atoms. The molecule has 0 radical (unpaired) electrons. The highest BCUT2D eigenvalue weighted by atomic mass is 16.4. The molecule has 0 amide bonds. The van der Waals surface area contributed by atoms with Crippen LogP contribution in [0.5, 0.6) is 11.5 Å². The molecule has 4 N–H and O–H groups in total. The van der Waals surface area contributed by atoms with Gasteiger partial charge in [0.25, 0.3) is 0 Å². The first-order valence-electron chi connectivity index (χ1n) is 12.1. The van der Waals surface area contributed by atoms with E-state index in [1.807, 2.05) is 24.3 Å². The maximum atomic E-state index is 9.43. The van der Waals surface area contributed by atoms with Crippen LogP contribution in [0.1, 0.15) is 37.8 Å². The maximum Gasteiger partial charge on any atom is 0.414 e. The molecule has 2 aliphatic heterocycles. The molecule has 194 valence electrons. The molecule has 0 aliphatic carbocycles. The van der Waals surface area contributed by atoms with E-state index in [1.54, 1.807) is 12.1 Å². The van der Waals surface area contributed by atoms with E-state index < -0.39 is 11.9 Å². The Labute approximate surface area is 212 Å². The minimum Gasteiger partial charge on any atom is -0.508 e. The number of rotatable bonds is 4. The topological polar surface area (TPSA) is 122 Å². The third-order valence-corrected chi connectivity index (χ3v) is 5.97. The maximum absolute atomic E-state index is 9.43. The van der Waals surface area contributed by atoms with Crippen molar-refractivity contribution < 1.29 is 30.0 Å². The summed E-state index contributed by atoms with van der Waals surface area (Å²) in [5.41, 5.74) is 4.96. The van der Waals surface area contributed by atoms with Crippen molar-refractivity contribution in [3.05, 3.63) is 71.8 Å². The van der Waals surface area contributed by atoms with Crippen LogP contribution in [0.25, 0.3) is 11.1 Å². The number of hydrogen-bond acceptors (Lipinski definition) is 6. The molecule has 0 saturated heterocycles. The number of aromatic hydroxyl groups is 2. The second-order valence-corrected chi connectivity index (χ2v) is 8.48. The Morgan fingerprint density at radius 1 is 0.722 bits per heavy atom. The number of hydrogen-bond donors (Lipinski definition) is 4. The lowest BCUT2D eigenvalue weighted by Gasteiger charge is -2.26. The largest absolute Gasteiger partial charge is 0.508 e. The Balaban J connectivity index is 0.000000208. The molecular formula is C28H36N2O6. The molecule has 36 heavy (non-hydrogen) atoms. The van der Waals surface area contributed by atoms with E-state index in [2.05, 4.69) is 47.9 Å². The number of aliphatic carboxylic acids is 2. The van der Waals surface area contributed by atoms with Crippen molar-refractivity contribution in [2.24, 2.45) is 0 Å². The minimum absolute atomic E-state index is 0.349. The fourth-order valence-electron chi connectivity index (χ4n) is 3.98. The summed E-state index contributed by atoms with van der Waals surface area (Å²) in [7, 11) is 0. The molecule has 0 unspecified atom stereocenters. The number of carbonyl (C=O) groups is 2. The standard InChI is InChI=1S/2C13H17NO.C2H2O4/c2*1-2-14-8-4-6-12(10-14)11-5-3-7-13(15)9-11;3-1(4)2(5)6/h2*3,5-7,9,15H,2,4,8,10H2,1H3;(H,3,4)(H,5,6). The molecule has 0 saturated carbocycles. The molecule has 0 spiro atoms. The number of carboxylic acid groups (broad SMARTS) is 2. The van der Waals surface area contributed by atoms with Crippen LogP contribution < -0.4 is 0 Å². The fraction of sp³-hybridized carbons (Fsp3) is 0.357. The summed E-state index contributed by atoms with van der Waals surface area (Å²) in [4.78, 5) is 23.0. The van der Waals surface area contributed by atoms with Crippen LogP contribution in [0.15, 0.2) is 60.7 Å². The second-order valence-electron chi connectivity index (χ2n) is 8.48. The third kappa shape index (κ3) is 9.56. The van der Waals surface area contributed by atoms with E-state index in [0.717, 1.165) is 63.2 Å². The van der Waals surface area contributed by atoms with Gasteiger partial charge < -0.3 is 20.4 Å². The highest BCUT2D eigenvalue weighted by Crippen LogP contribution is 2.24. The van der Waals surface area contributed by atoms with Crippen molar-refractivity contribution in [1.29, 1.82) is 0 Å². The molecule has 2 aromatic rings. The van der Waals surface area contributed by atoms with Crippen molar-refractivity contribution in [3.63, 3.8) is 0 Å². The molecule has 2 heterocycles. The van der Waals surface area contributed by atoms with Gasteiger partial charge in [-0.25, -0.2) is 9.59 Å². The average molecular weight is 497 g/mol. The highest BCUT2D eigenvalue weighted by Gasteiger charge is 2.13. The van der Waals surface area contributed by atoms with Gasteiger partial charge in [0, 0.05) is 26.2 Å². The molecule has 8 nitrogen and oxygen atoms in total. The SMILES string of the molecule is CCN1CCC=C(c2cccc(O)c2)C1.CCN1CCC=C(c2cccc(O)c2)C1.O=C(O)C(=O)O. The van der Waals surface area contributed by atoms with Gasteiger partial charge in [-0.3, -0.25) is 9.80 Å². The Morgan fingerprint density at radius 3 is 1.42 bits per heavy atom. The smallest absolute Gasteiger partial charge is 0.414 e. The molecular weight excluding hydrogens is 460 g/mol. The number of phenols is 2. The summed E-state index contributed by atoms with van der Waals surface area (Å²) < 4.78 is 0. The zero-order valence-corrected chi connectivity index (χ0v) is 20.9. The van der Waals surface area contributed by atoms with Gasteiger partial charge >= 0.3 is 11.9 Å². The van der Waals surface area contributed by atoms with Gasteiger partial charge in [-0.15, -0.1) is 0 Å². The monoisotopic (exact) mass is 496 g/mol. The minimum atomic E-state index is -1.82. The normalized spacial score (nSPS) is 15.8. The van der Waals surface area contributed by atoms with Crippen LogP contribution in [0.4, 0.5) is 0 Å². The van der Waals surface area contributed by atoms with Crippen LogP contribution in [0.2, 0.25) is 0 Å². The van der Waals surface area contributed by atoms with Crippen molar-refractivity contribution >= 4 is 23.1 Å². The summed E-state index contributed by atoms with van der Waals surface area (Å²) >= 11 is 0. The quantitative estimate of drug-likeness (QED) is 0.466. The fourth-order valence-corrected chi connectivity index (χ4v) is 3.98. The van der Waals surface area contributed by atoms with E-state index in [1.165, 1.54) is 11.1 Å². The van der Waals surface area contributed by atoms with Gasteiger partial charge in [-0.05, 0) is 72.5 Å². The van der Waals surface area contributed by atoms with Crippen molar-refractivity contribution in [2.45, 2.75) is 26.7 Å². The molecule has 0 atom stereocenters. The zero-order chi connectivity index (χ0) is 26.5. The number of benzene rings is 2. The predicted octanol–water partition coefficient (Wildman–Crippen LogP) is 4.16. The van der Waals surface area contributed by atoms with E-state index in [0.29, 0.717) is 11.5 Å². The summed E-state index contributed by atoms with van der Waals surface area (Å²) in [5.74, 6) is -2.95. The number of likely N-dealkylation sites (N-methyl/N-ethyl adjacent to an activating group) is 2. The van der Waals surface area contributed by atoms with Gasteiger partial charge in [-0.1, -0.05) is 50.3 Å². The van der Waals surface area contributed by atoms with Gasteiger partial charge in [0.15, 0.2) is 0 Å². The lowest BCUT2D eigenvalue weighted by atomic mass is 10.0. The second kappa shape index (κ2) is 14.7. The lowest BCUT2D eigenvalue weighted by Crippen LogP contribution is -2.29. The predicted molar refractivity (Wildman–Crippen MR) is 141 cm³/mol. The van der Waals surface area contributed by atoms with Crippen LogP contribution >= 0.6 is 0 Å². The first kappa shape index (κ1) is 28.6. The zero-order valence-electron chi connectivity index (χ0n) is 20.9. The lowest BCUT2D eigenvalue weighted by molar-refractivity contribution is -0.159. The average Bonchev–Trinajstić information content (AvgIpc) is 2.89. The summed E-state index contributed by atoms with van der Waals surface area (Å²) in [6.07, 6.45) is 6.78. The molecule has 8 heteroatoms. The van der Waals surface area contributed by atoms with Gasteiger partial charge in [0.05, 0.1) is 0 Å². The first-order valence-corrected chi connectivity index (χ1v) is 12.1. The number of carboxylic acids is 2. The van der Waals surface area contributed by atoms with Gasteiger partial charge in [0.1, 0.15) is 11.5 Å². The van der Waals surface area contributed by atoms with Crippen molar-refractivity contribution in [2.75, 3.05) is 39.3 Å². The van der Waals surface area contributed by atoms with Crippen LogP contribution in [0, 0.1) is 0 Å². The van der Waals surface area contributed by atoms with Crippen molar-refractivity contribution in [1.82, 2.24) is 9.80 Å². The Morgan fingerprint density at radius 2 is 1.11 bits per heavy atom. The van der Waals surface area contributed by atoms with E-state index in [4.69, 9.17) is 19.8 Å². The van der Waals surface area contributed by atoms with Crippen LogP contribution in [-0.2, 0) is 9.59 Å². The Bertz CT molecular complexity index is 994. The van der Waals surface area contributed by atoms with Gasteiger partial charge in [0.2, 0.25) is 0 Å². The van der Waals surface area contributed by atoms with Crippen LogP contribution in [0.3, 0.4) is 0 Å². The van der Waals surface area contributed by atoms with Crippen molar-refractivity contribution in [3.8, 4) is 11.5 Å². The number of nitrogens with zero attached hydrogens (tertiary/aromatic N) is 2. The molecule has 0 aromatic heterocycles. The third-order valence-electron chi connectivity index (χ3n) is 5.97. The summed E-state index contributed by atoms with van der Waals surface area (Å²) in [5, 5.41) is 33.6. The summed E-state index contributed by atoms with van der Waals surface area (Å²) in [6.45, 7) is 10.9. The number of phenolic OH excluding ortho intramolecular Hbond substituents is 2. The Hall–Kier alpha value is -3.62. The van der Waals surface area contributed by atoms with E-state index in [-0.39, 0.29) is 0 Å². The van der Waals surface area contributed by atoms with E-state index >= 15 is 0 Å². The van der Waals surface area contributed by atoms with Gasteiger partial charge in [-0.2, -0.15) is 0 Å². The Kier molecular flexibility index (Phi) is 11.7. The van der Waals surface area contributed by atoms with E-state index in [9.17, 15) is 10.2 Å². The van der Waals surface area contributed by atoms with Crippen LogP contribution in [-0.4, -0.2) is 81.4 Å².